The number of amides is 1. The molecule has 0 aliphatic carbocycles. The Labute approximate surface area is 148 Å². The molecule has 3 N–H and O–H groups in total. The minimum absolute atomic E-state index is 0.00864. The first-order valence-corrected chi connectivity index (χ1v) is 8.95. The van der Waals surface area contributed by atoms with Crippen LogP contribution in [-0.4, -0.2) is 73.9 Å². The molecule has 0 aromatic heterocycles. The van der Waals surface area contributed by atoms with E-state index in [0.29, 0.717) is 13.1 Å². The molecule has 138 valence electrons. The molecule has 0 spiro atoms. The summed E-state index contributed by atoms with van der Waals surface area (Å²) in [5, 5.41) is 15.9. The number of rotatable bonds is 5. The Bertz CT molecular complexity index is 575. The molecule has 3 unspecified atom stereocenters. The molecule has 7 heteroatoms. The van der Waals surface area contributed by atoms with Crippen LogP contribution < -0.4 is 15.5 Å². The summed E-state index contributed by atoms with van der Waals surface area (Å²) in [7, 11) is 0. The van der Waals surface area contributed by atoms with Crippen molar-refractivity contribution in [3.05, 3.63) is 30.1 Å². The molecule has 3 atom stereocenters. The molecule has 3 rings (SSSR count). The third-order valence-electron chi connectivity index (χ3n) is 5.28. The minimum Gasteiger partial charge on any atom is -0.391 e. The van der Waals surface area contributed by atoms with Gasteiger partial charge < -0.3 is 20.6 Å². The Morgan fingerprint density at radius 2 is 1.96 bits per heavy atom. The van der Waals surface area contributed by atoms with Crippen LogP contribution in [0.5, 0.6) is 0 Å². The maximum absolute atomic E-state index is 13.0. The van der Waals surface area contributed by atoms with E-state index in [-0.39, 0.29) is 29.8 Å². The standard InChI is InChI=1S/C18H27FN4O2/c1-13(18(25)21-11-14-10-20-12-17(14)24)22-6-8-23(9-7-22)16-4-2-15(19)3-5-16/h2-5,13-14,17,20,24H,6-12H2,1H3,(H,21,25). The average Bonchev–Trinajstić information content (AvgIpc) is 3.05. The Hall–Kier alpha value is -1.70. The highest BCUT2D eigenvalue weighted by Gasteiger charge is 2.28. The molecule has 0 saturated carbocycles. The molecule has 1 amide bonds. The lowest BCUT2D eigenvalue weighted by atomic mass is 10.1. The molecule has 6 nitrogen and oxygen atoms in total. The fourth-order valence-electron chi connectivity index (χ4n) is 3.49. The maximum Gasteiger partial charge on any atom is 0.237 e. The van der Waals surface area contributed by atoms with Crippen molar-refractivity contribution in [1.29, 1.82) is 0 Å². The smallest absolute Gasteiger partial charge is 0.237 e. The Kier molecular flexibility index (Phi) is 5.88. The van der Waals surface area contributed by atoms with Crippen molar-refractivity contribution in [1.82, 2.24) is 15.5 Å². The van der Waals surface area contributed by atoms with Crippen molar-refractivity contribution in [2.75, 3.05) is 50.7 Å². The Morgan fingerprint density at radius 3 is 2.56 bits per heavy atom. The number of nitrogens with one attached hydrogen (secondary N) is 2. The van der Waals surface area contributed by atoms with Gasteiger partial charge in [-0.3, -0.25) is 9.69 Å². The number of carbonyl (C=O) groups excluding carboxylic acids is 1. The molecule has 2 aliphatic rings. The second-order valence-electron chi connectivity index (χ2n) is 6.91. The molecular formula is C18H27FN4O2. The van der Waals surface area contributed by atoms with Crippen LogP contribution in [0.15, 0.2) is 24.3 Å². The predicted octanol–water partition coefficient (Wildman–Crippen LogP) is 0.0327. The lowest BCUT2D eigenvalue weighted by Crippen LogP contribution is -2.54. The minimum atomic E-state index is -0.380. The van der Waals surface area contributed by atoms with E-state index in [2.05, 4.69) is 20.4 Å². The number of benzene rings is 1. The average molecular weight is 350 g/mol. The summed E-state index contributed by atoms with van der Waals surface area (Å²) in [6.07, 6.45) is -0.380. The van der Waals surface area contributed by atoms with Crippen LogP contribution in [0.25, 0.3) is 0 Å². The van der Waals surface area contributed by atoms with Crippen molar-refractivity contribution >= 4 is 11.6 Å². The fraction of sp³-hybridized carbons (Fsp3) is 0.611. The van der Waals surface area contributed by atoms with Gasteiger partial charge in [-0.25, -0.2) is 4.39 Å². The molecule has 2 fully saturated rings. The van der Waals surface area contributed by atoms with Crippen molar-refractivity contribution < 1.29 is 14.3 Å². The highest BCUT2D eigenvalue weighted by Crippen LogP contribution is 2.18. The Balaban J connectivity index is 1.45. The molecule has 0 radical (unpaired) electrons. The molecule has 2 aliphatic heterocycles. The van der Waals surface area contributed by atoms with Gasteiger partial charge in [-0.1, -0.05) is 0 Å². The van der Waals surface area contributed by atoms with E-state index in [9.17, 15) is 14.3 Å². The number of β-amino-alcohol motifs (C(OH)–C–C–N with tert-alkyl or cyclic N) is 1. The van der Waals surface area contributed by atoms with Gasteiger partial charge in [0.25, 0.3) is 0 Å². The van der Waals surface area contributed by atoms with Gasteiger partial charge in [0.05, 0.1) is 12.1 Å². The lowest BCUT2D eigenvalue weighted by molar-refractivity contribution is -0.126. The van der Waals surface area contributed by atoms with E-state index < -0.39 is 0 Å². The van der Waals surface area contributed by atoms with Gasteiger partial charge >= 0.3 is 0 Å². The SMILES string of the molecule is CC(C(=O)NCC1CNCC1O)N1CCN(c2ccc(F)cc2)CC1. The van der Waals surface area contributed by atoms with Crippen LogP contribution in [0.2, 0.25) is 0 Å². The lowest BCUT2D eigenvalue weighted by Gasteiger charge is -2.38. The number of halogens is 1. The predicted molar refractivity (Wildman–Crippen MR) is 95.0 cm³/mol. The Morgan fingerprint density at radius 1 is 1.28 bits per heavy atom. The van der Waals surface area contributed by atoms with Crippen molar-refractivity contribution in [2.24, 2.45) is 5.92 Å². The summed E-state index contributed by atoms with van der Waals surface area (Å²) in [6, 6.07) is 6.35. The van der Waals surface area contributed by atoms with Gasteiger partial charge in [0.1, 0.15) is 5.82 Å². The summed E-state index contributed by atoms with van der Waals surface area (Å²) in [5.41, 5.74) is 1.01. The number of nitrogens with zero attached hydrogens (tertiary/aromatic N) is 2. The number of anilines is 1. The normalized spacial score (nSPS) is 25.8. The number of hydrogen-bond donors (Lipinski definition) is 3. The first-order chi connectivity index (χ1) is 12.0. The number of aliphatic hydroxyl groups excluding tert-OH is 1. The third kappa shape index (κ3) is 4.48. The second kappa shape index (κ2) is 8.12. The van der Waals surface area contributed by atoms with E-state index in [1.807, 2.05) is 6.92 Å². The fourth-order valence-corrected chi connectivity index (χ4v) is 3.49. The first kappa shape index (κ1) is 18.1. The molecule has 2 heterocycles. The van der Waals surface area contributed by atoms with Crippen molar-refractivity contribution in [3.63, 3.8) is 0 Å². The number of piperazine rings is 1. The molecule has 1 aromatic carbocycles. The van der Waals surface area contributed by atoms with Gasteiger partial charge in [0.15, 0.2) is 0 Å². The van der Waals surface area contributed by atoms with E-state index >= 15 is 0 Å². The van der Waals surface area contributed by atoms with Crippen LogP contribution in [-0.2, 0) is 4.79 Å². The molecule has 0 bridgehead atoms. The van der Waals surface area contributed by atoms with Gasteiger partial charge in [0, 0.05) is 57.4 Å². The van der Waals surface area contributed by atoms with Gasteiger partial charge in [-0.2, -0.15) is 0 Å². The zero-order valence-electron chi connectivity index (χ0n) is 14.6. The van der Waals surface area contributed by atoms with E-state index in [1.54, 1.807) is 12.1 Å². The zero-order valence-corrected chi connectivity index (χ0v) is 14.6. The quantitative estimate of drug-likeness (QED) is 0.699. The summed E-state index contributed by atoms with van der Waals surface area (Å²) in [4.78, 5) is 16.8. The van der Waals surface area contributed by atoms with Crippen molar-refractivity contribution in [3.8, 4) is 0 Å². The highest BCUT2D eigenvalue weighted by atomic mass is 19.1. The summed E-state index contributed by atoms with van der Waals surface area (Å²) in [5.74, 6) is -0.129. The number of hydrogen-bond acceptors (Lipinski definition) is 5. The number of aliphatic hydroxyl groups is 1. The summed E-state index contributed by atoms with van der Waals surface area (Å²) in [6.45, 7) is 6.98. The van der Waals surface area contributed by atoms with Gasteiger partial charge in [-0.05, 0) is 31.2 Å². The summed E-state index contributed by atoms with van der Waals surface area (Å²) >= 11 is 0. The third-order valence-corrected chi connectivity index (χ3v) is 5.28. The highest BCUT2D eigenvalue weighted by molar-refractivity contribution is 5.81. The van der Waals surface area contributed by atoms with Crippen molar-refractivity contribution in [2.45, 2.75) is 19.1 Å². The number of carbonyl (C=O) groups is 1. The maximum atomic E-state index is 13.0. The monoisotopic (exact) mass is 350 g/mol. The summed E-state index contributed by atoms with van der Waals surface area (Å²) < 4.78 is 13.0. The van der Waals surface area contributed by atoms with Crippen LogP contribution in [0, 0.1) is 11.7 Å². The van der Waals surface area contributed by atoms with Gasteiger partial charge in [-0.15, -0.1) is 0 Å². The van der Waals surface area contributed by atoms with E-state index in [1.165, 1.54) is 12.1 Å². The van der Waals surface area contributed by atoms with Crippen LogP contribution in [0.4, 0.5) is 10.1 Å². The largest absolute Gasteiger partial charge is 0.391 e. The zero-order chi connectivity index (χ0) is 17.8. The molecular weight excluding hydrogens is 323 g/mol. The van der Waals surface area contributed by atoms with Crippen LogP contribution in [0.1, 0.15) is 6.92 Å². The van der Waals surface area contributed by atoms with E-state index in [4.69, 9.17) is 0 Å². The van der Waals surface area contributed by atoms with Crippen LogP contribution in [0.3, 0.4) is 0 Å². The molecule has 1 aromatic rings. The second-order valence-corrected chi connectivity index (χ2v) is 6.91. The molecule has 25 heavy (non-hydrogen) atoms. The van der Waals surface area contributed by atoms with Gasteiger partial charge in [0.2, 0.25) is 5.91 Å². The van der Waals surface area contributed by atoms with E-state index in [0.717, 1.165) is 38.4 Å². The topological polar surface area (TPSA) is 67.8 Å². The van der Waals surface area contributed by atoms with Crippen LogP contribution >= 0.6 is 0 Å². The first-order valence-electron chi connectivity index (χ1n) is 8.95. The molecule has 2 saturated heterocycles.